The van der Waals surface area contributed by atoms with E-state index in [1.54, 1.807) is 11.8 Å². The summed E-state index contributed by atoms with van der Waals surface area (Å²) >= 11 is 1.74. The van der Waals surface area contributed by atoms with Gasteiger partial charge < -0.3 is 4.74 Å². The fraction of sp³-hybridized carbons (Fsp3) is 0.500. The number of benzene rings is 1. The number of carbonyl (C=O) groups excluding carboxylic acids is 1. The Hall–Kier alpha value is -1.48. The van der Waals surface area contributed by atoms with Crippen molar-refractivity contribution < 1.29 is 9.53 Å². The van der Waals surface area contributed by atoms with Crippen LogP contribution in [0.2, 0.25) is 0 Å². The van der Waals surface area contributed by atoms with Crippen LogP contribution in [0, 0.1) is 11.3 Å². The number of hydrogen-bond acceptors (Lipinski definition) is 3. The van der Waals surface area contributed by atoms with Gasteiger partial charge in [-0.1, -0.05) is 37.3 Å². The van der Waals surface area contributed by atoms with E-state index in [-0.39, 0.29) is 17.5 Å². The second-order valence-corrected chi connectivity index (χ2v) is 8.86. The van der Waals surface area contributed by atoms with Crippen molar-refractivity contribution in [2.24, 2.45) is 11.3 Å². The van der Waals surface area contributed by atoms with E-state index in [1.165, 1.54) is 34.4 Å². The predicted molar refractivity (Wildman–Crippen MR) is 103 cm³/mol. The van der Waals surface area contributed by atoms with Crippen molar-refractivity contribution in [3.05, 3.63) is 53.1 Å². The summed E-state index contributed by atoms with van der Waals surface area (Å²) in [5.74, 6) is 0.413. The normalized spacial score (nSPS) is 31.6. The summed E-state index contributed by atoms with van der Waals surface area (Å²) in [6.45, 7) is 6.73. The van der Waals surface area contributed by atoms with Gasteiger partial charge in [-0.05, 0) is 66.9 Å². The molecule has 0 amide bonds. The highest BCUT2D eigenvalue weighted by atomic mass is 32.2. The largest absolute Gasteiger partial charge is 0.454 e. The molecule has 2 nitrogen and oxygen atoms in total. The molecule has 3 aliphatic rings. The Morgan fingerprint density at radius 1 is 1.36 bits per heavy atom. The number of fused-ring (bicyclic) bond motifs is 2. The van der Waals surface area contributed by atoms with E-state index >= 15 is 0 Å². The smallest absolute Gasteiger partial charge is 0.335 e. The summed E-state index contributed by atoms with van der Waals surface area (Å²) in [5.41, 5.74) is 5.02. The predicted octanol–water partition coefficient (Wildman–Crippen LogP) is 5.33. The molecule has 1 heterocycles. The summed E-state index contributed by atoms with van der Waals surface area (Å²) in [4.78, 5) is 13.9. The van der Waals surface area contributed by atoms with Crippen LogP contribution in [0.5, 0.6) is 0 Å². The first-order valence-corrected chi connectivity index (χ1v) is 10.5. The van der Waals surface area contributed by atoms with Crippen LogP contribution in [-0.2, 0) is 16.0 Å². The lowest BCUT2D eigenvalue weighted by Gasteiger charge is -2.48. The van der Waals surface area contributed by atoms with E-state index in [1.807, 2.05) is 0 Å². The number of ether oxygens (including phenoxy) is 1. The van der Waals surface area contributed by atoms with Gasteiger partial charge in [0.1, 0.15) is 6.10 Å². The molecule has 132 valence electrons. The van der Waals surface area contributed by atoms with Gasteiger partial charge >= 0.3 is 5.97 Å². The number of thioether (sulfide) groups is 1. The van der Waals surface area contributed by atoms with Crippen LogP contribution in [0.15, 0.2) is 52.5 Å². The second-order valence-electron chi connectivity index (χ2n) is 8.01. The first kappa shape index (κ1) is 17.0. The summed E-state index contributed by atoms with van der Waals surface area (Å²) in [5, 5.41) is 0. The maximum Gasteiger partial charge on any atom is 0.335 e. The van der Waals surface area contributed by atoms with Gasteiger partial charge in [0.15, 0.2) is 0 Å². The van der Waals surface area contributed by atoms with E-state index in [0.29, 0.717) is 12.3 Å². The molecule has 3 heteroatoms. The minimum absolute atomic E-state index is 0.00362. The zero-order valence-corrected chi connectivity index (χ0v) is 16.0. The maximum atomic E-state index is 12.6. The van der Waals surface area contributed by atoms with Gasteiger partial charge in [0.25, 0.3) is 0 Å². The van der Waals surface area contributed by atoms with Crippen molar-refractivity contribution >= 4 is 17.7 Å². The van der Waals surface area contributed by atoms with Crippen molar-refractivity contribution in [3.8, 4) is 0 Å². The lowest BCUT2D eigenvalue weighted by Crippen LogP contribution is -2.41. The lowest BCUT2D eigenvalue weighted by atomic mass is 9.57. The molecule has 25 heavy (non-hydrogen) atoms. The summed E-state index contributed by atoms with van der Waals surface area (Å²) in [6.07, 6.45) is 8.28. The molecular formula is C22H26O2S. The molecule has 1 aliphatic heterocycles. The molecule has 3 atom stereocenters. The lowest BCUT2D eigenvalue weighted by molar-refractivity contribution is -0.142. The second kappa shape index (κ2) is 6.35. The molecule has 0 unspecified atom stereocenters. The minimum atomic E-state index is -0.0937. The van der Waals surface area contributed by atoms with Gasteiger partial charge in [0, 0.05) is 16.9 Å². The highest BCUT2D eigenvalue weighted by Crippen LogP contribution is 2.55. The van der Waals surface area contributed by atoms with Crippen molar-refractivity contribution in [1.29, 1.82) is 0 Å². The number of allylic oxidation sites excluding steroid dienone is 1. The topological polar surface area (TPSA) is 26.3 Å². The van der Waals surface area contributed by atoms with Crippen LogP contribution >= 0.6 is 11.8 Å². The maximum absolute atomic E-state index is 12.6. The SMILES string of the molecule is C=C1CCC[C@]2(C)C[C@H]3OC(=O)C(Cc4ccccc4SC)=C3C[C@@H]12. The molecule has 0 N–H and O–H groups in total. The van der Waals surface area contributed by atoms with Crippen LogP contribution in [0.4, 0.5) is 0 Å². The van der Waals surface area contributed by atoms with Crippen LogP contribution in [0.1, 0.15) is 44.6 Å². The van der Waals surface area contributed by atoms with E-state index in [0.717, 1.165) is 24.8 Å². The molecular weight excluding hydrogens is 328 g/mol. The monoisotopic (exact) mass is 354 g/mol. The van der Waals surface area contributed by atoms with Gasteiger partial charge in [-0.2, -0.15) is 0 Å². The van der Waals surface area contributed by atoms with E-state index in [2.05, 4.69) is 44.0 Å². The molecule has 0 bridgehead atoms. The van der Waals surface area contributed by atoms with Crippen LogP contribution < -0.4 is 0 Å². The highest BCUT2D eigenvalue weighted by Gasteiger charge is 2.49. The summed E-state index contributed by atoms with van der Waals surface area (Å²) < 4.78 is 5.82. The quantitative estimate of drug-likeness (QED) is 0.417. The Kier molecular flexibility index (Phi) is 4.31. The van der Waals surface area contributed by atoms with Gasteiger partial charge in [-0.15, -0.1) is 11.8 Å². The average Bonchev–Trinajstić information content (AvgIpc) is 2.88. The third kappa shape index (κ3) is 2.87. The molecule has 0 saturated heterocycles. The van der Waals surface area contributed by atoms with Gasteiger partial charge in [0.2, 0.25) is 0 Å². The van der Waals surface area contributed by atoms with Crippen LogP contribution in [-0.4, -0.2) is 18.3 Å². The fourth-order valence-electron chi connectivity index (χ4n) is 5.08. The van der Waals surface area contributed by atoms with Crippen LogP contribution in [0.3, 0.4) is 0 Å². The molecule has 0 spiro atoms. The molecule has 1 aromatic carbocycles. The molecule has 0 radical (unpaired) electrons. The molecule has 2 saturated carbocycles. The van der Waals surface area contributed by atoms with Gasteiger partial charge in [-0.25, -0.2) is 4.79 Å². The van der Waals surface area contributed by atoms with Gasteiger partial charge in [-0.3, -0.25) is 0 Å². The van der Waals surface area contributed by atoms with E-state index in [4.69, 9.17) is 4.74 Å². The number of carbonyl (C=O) groups is 1. The molecule has 1 aromatic rings. The van der Waals surface area contributed by atoms with Crippen molar-refractivity contribution in [2.75, 3.05) is 6.26 Å². The number of esters is 1. The third-order valence-electron chi connectivity index (χ3n) is 6.49. The first-order chi connectivity index (χ1) is 12.0. The van der Waals surface area contributed by atoms with Crippen molar-refractivity contribution in [3.63, 3.8) is 0 Å². The number of rotatable bonds is 3. The minimum Gasteiger partial charge on any atom is -0.454 e. The van der Waals surface area contributed by atoms with E-state index in [9.17, 15) is 4.79 Å². The molecule has 4 rings (SSSR count). The number of hydrogen-bond donors (Lipinski definition) is 0. The Bertz CT molecular complexity index is 763. The Morgan fingerprint density at radius 2 is 2.16 bits per heavy atom. The zero-order chi connectivity index (χ0) is 17.6. The van der Waals surface area contributed by atoms with Crippen molar-refractivity contribution in [2.45, 2.75) is 56.4 Å². The molecule has 2 aliphatic carbocycles. The molecule has 2 fully saturated rings. The van der Waals surface area contributed by atoms with Crippen LogP contribution in [0.25, 0.3) is 0 Å². The van der Waals surface area contributed by atoms with Crippen molar-refractivity contribution in [1.82, 2.24) is 0 Å². The summed E-state index contributed by atoms with van der Waals surface area (Å²) in [7, 11) is 0. The highest BCUT2D eigenvalue weighted by molar-refractivity contribution is 7.98. The Labute approximate surface area is 154 Å². The Balaban J connectivity index is 1.68. The fourth-order valence-corrected chi connectivity index (χ4v) is 5.70. The zero-order valence-electron chi connectivity index (χ0n) is 15.1. The first-order valence-electron chi connectivity index (χ1n) is 9.24. The third-order valence-corrected chi connectivity index (χ3v) is 7.33. The Morgan fingerprint density at radius 3 is 2.96 bits per heavy atom. The average molecular weight is 355 g/mol. The molecule has 0 aromatic heterocycles. The van der Waals surface area contributed by atoms with E-state index < -0.39 is 0 Å². The van der Waals surface area contributed by atoms with Gasteiger partial charge in [0.05, 0.1) is 0 Å². The standard InChI is InChI=1S/C22H26O2S/c1-14-7-6-10-22(2)13-19-16(12-18(14)22)17(21(23)24-19)11-15-8-4-5-9-20(15)25-3/h4-5,8-9,18-19H,1,6-7,10-13H2,2-3H3/t18-,19+,22+/m0/s1. The summed E-state index contributed by atoms with van der Waals surface area (Å²) in [6, 6.07) is 8.37.